The molecule has 0 heterocycles. The van der Waals surface area contributed by atoms with Gasteiger partial charge in [-0.3, -0.25) is 9.59 Å². The second-order valence-corrected chi connectivity index (χ2v) is 5.65. The van der Waals surface area contributed by atoms with Crippen LogP contribution in [-0.2, 0) is 9.59 Å². The molecule has 0 aromatic heterocycles. The topological polar surface area (TPSA) is 122 Å². The highest BCUT2D eigenvalue weighted by Gasteiger charge is 2.15. The zero-order valence-corrected chi connectivity index (χ0v) is 13.2. The second kappa shape index (κ2) is 8.40. The number of carboxylic acid groups (broad SMARTS) is 1. The van der Waals surface area contributed by atoms with Crippen LogP contribution < -0.4 is 16.4 Å². The predicted molar refractivity (Wildman–Crippen MR) is 87.3 cm³/mol. The highest BCUT2D eigenvalue weighted by Crippen LogP contribution is 2.20. The van der Waals surface area contributed by atoms with Gasteiger partial charge in [0, 0.05) is 18.3 Å². The van der Waals surface area contributed by atoms with E-state index >= 15 is 0 Å². The first-order valence-corrected chi connectivity index (χ1v) is 7.94. The van der Waals surface area contributed by atoms with Gasteiger partial charge in [0.05, 0.1) is 11.6 Å². The minimum atomic E-state index is -1.16. The summed E-state index contributed by atoms with van der Waals surface area (Å²) in [5.74, 6) is -1.14. The molecule has 1 aromatic carbocycles. The standard InChI is InChI=1S/C14H19N3O4S/c1-8(18)16-10-5-9(14(20)21)6-11(7-10)17-13(19)12(15)3-4-22-2/h5-7,12H,3-4,15H2,1-2H3,(H,16,18)(H,17,19)(H,20,21). The van der Waals surface area contributed by atoms with Gasteiger partial charge < -0.3 is 21.5 Å². The third kappa shape index (κ3) is 5.74. The van der Waals surface area contributed by atoms with Crippen molar-refractivity contribution in [2.24, 2.45) is 5.73 Å². The smallest absolute Gasteiger partial charge is 0.335 e. The van der Waals surface area contributed by atoms with Crippen molar-refractivity contribution in [3.8, 4) is 0 Å². The zero-order chi connectivity index (χ0) is 16.7. The molecule has 0 radical (unpaired) electrons. The van der Waals surface area contributed by atoms with Gasteiger partial charge in [0.2, 0.25) is 11.8 Å². The number of benzene rings is 1. The van der Waals surface area contributed by atoms with Crippen molar-refractivity contribution >= 4 is 40.9 Å². The molecule has 0 aliphatic heterocycles. The molecule has 22 heavy (non-hydrogen) atoms. The van der Waals surface area contributed by atoms with Crippen LogP contribution in [0.2, 0.25) is 0 Å². The van der Waals surface area contributed by atoms with E-state index in [1.54, 1.807) is 11.8 Å². The fraction of sp³-hybridized carbons (Fsp3) is 0.357. The molecule has 2 amide bonds. The fourth-order valence-corrected chi connectivity index (χ4v) is 2.20. The monoisotopic (exact) mass is 325 g/mol. The number of amides is 2. The summed E-state index contributed by atoms with van der Waals surface area (Å²) in [4.78, 5) is 34.1. The van der Waals surface area contributed by atoms with Crippen LogP contribution >= 0.6 is 11.8 Å². The van der Waals surface area contributed by atoms with Crippen molar-refractivity contribution < 1.29 is 19.5 Å². The summed E-state index contributed by atoms with van der Waals surface area (Å²) >= 11 is 1.58. The summed E-state index contributed by atoms with van der Waals surface area (Å²) in [5, 5.41) is 14.1. The number of carbonyl (C=O) groups is 3. The van der Waals surface area contributed by atoms with Crippen LogP contribution in [-0.4, -0.2) is 40.9 Å². The normalized spacial score (nSPS) is 11.6. The molecule has 0 fully saturated rings. The number of rotatable bonds is 7. The highest BCUT2D eigenvalue weighted by atomic mass is 32.2. The van der Waals surface area contributed by atoms with Gasteiger partial charge in [-0.1, -0.05) is 0 Å². The van der Waals surface area contributed by atoms with Crippen LogP contribution in [0.25, 0.3) is 0 Å². The quantitative estimate of drug-likeness (QED) is 0.600. The maximum absolute atomic E-state index is 12.0. The molecule has 0 aliphatic carbocycles. The fourth-order valence-electron chi connectivity index (χ4n) is 1.71. The van der Waals surface area contributed by atoms with Crippen LogP contribution in [0.4, 0.5) is 11.4 Å². The van der Waals surface area contributed by atoms with Gasteiger partial charge in [-0.15, -0.1) is 0 Å². The molecule has 120 valence electrons. The lowest BCUT2D eigenvalue weighted by atomic mass is 10.1. The molecule has 7 nitrogen and oxygen atoms in total. The Hall–Kier alpha value is -2.06. The van der Waals surface area contributed by atoms with Crippen LogP contribution in [0.1, 0.15) is 23.7 Å². The summed E-state index contributed by atoms with van der Waals surface area (Å²) in [5.41, 5.74) is 6.28. The molecule has 5 N–H and O–H groups in total. The largest absolute Gasteiger partial charge is 0.478 e. The first-order valence-electron chi connectivity index (χ1n) is 6.55. The molecular formula is C14H19N3O4S. The number of carboxylic acids is 1. The Kier molecular flexibility index (Phi) is 6.87. The Bertz CT molecular complexity index is 577. The molecule has 8 heteroatoms. The average molecular weight is 325 g/mol. The van der Waals surface area contributed by atoms with E-state index in [0.717, 1.165) is 5.75 Å². The molecule has 1 aromatic rings. The number of hydrogen-bond donors (Lipinski definition) is 4. The van der Waals surface area contributed by atoms with Crippen molar-refractivity contribution in [2.45, 2.75) is 19.4 Å². The molecule has 0 spiro atoms. The van der Waals surface area contributed by atoms with Crippen LogP contribution in [0.15, 0.2) is 18.2 Å². The number of nitrogens with one attached hydrogen (secondary N) is 2. The highest BCUT2D eigenvalue weighted by molar-refractivity contribution is 7.98. The minimum absolute atomic E-state index is 0.0424. The SMILES string of the molecule is CSCCC(N)C(=O)Nc1cc(NC(C)=O)cc(C(=O)O)c1. The molecular weight excluding hydrogens is 306 g/mol. The lowest BCUT2D eigenvalue weighted by Crippen LogP contribution is -2.36. The van der Waals surface area contributed by atoms with Crippen molar-refractivity contribution in [2.75, 3.05) is 22.6 Å². The molecule has 1 atom stereocenters. The van der Waals surface area contributed by atoms with Gasteiger partial charge in [0.1, 0.15) is 0 Å². The maximum atomic E-state index is 12.0. The van der Waals surface area contributed by atoms with Crippen molar-refractivity contribution in [1.82, 2.24) is 0 Å². The molecule has 1 rings (SSSR count). The Labute approximate surface area is 132 Å². The summed E-state index contributed by atoms with van der Waals surface area (Å²) < 4.78 is 0. The van der Waals surface area contributed by atoms with Gasteiger partial charge in [0.15, 0.2) is 0 Å². The maximum Gasteiger partial charge on any atom is 0.335 e. The molecule has 0 saturated carbocycles. The Morgan fingerprint density at radius 3 is 2.32 bits per heavy atom. The lowest BCUT2D eigenvalue weighted by Gasteiger charge is -2.13. The van der Waals surface area contributed by atoms with Gasteiger partial charge >= 0.3 is 5.97 Å². The van der Waals surface area contributed by atoms with Gasteiger partial charge in [-0.25, -0.2) is 4.79 Å². The third-order valence-electron chi connectivity index (χ3n) is 2.74. The van der Waals surface area contributed by atoms with E-state index in [1.165, 1.54) is 25.1 Å². The Balaban J connectivity index is 2.92. The number of nitrogens with two attached hydrogens (primary N) is 1. The van der Waals surface area contributed by atoms with Gasteiger partial charge in [-0.2, -0.15) is 11.8 Å². The number of hydrogen-bond acceptors (Lipinski definition) is 5. The van der Waals surface area contributed by atoms with Crippen molar-refractivity contribution in [3.63, 3.8) is 0 Å². The number of anilines is 2. The van der Waals surface area contributed by atoms with E-state index in [4.69, 9.17) is 10.8 Å². The predicted octanol–water partition coefficient (Wildman–Crippen LogP) is 1.36. The number of carbonyl (C=O) groups excluding carboxylic acids is 2. The van der Waals surface area contributed by atoms with Crippen LogP contribution in [0, 0.1) is 0 Å². The molecule has 1 unspecified atom stereocenters. The van der Waals surface area contributed by atoms with E-state index in [2.05, 4.69) is 10.6 Å². The van der Waals surface area contributed by atoms with Crippen molar-refractivity contribution in [3.05, 3.63) is 23.8 Å². The first-order chi connectivity index (χ1) is 10.3. The average Bonchev–Trinajstić information content (AvgIpc) is 2.43. The zero-order valence-electron chi connectivity index (χ0n) is 12.4. The van der Waals surface area contributed by atoms with E-state index < -0.39 is 17.9 Å². The summed E-state index contributed by atoms with van der Waals surface area (Å²) in [7, 11) is 0. The third-order valence-corrected chi connectivity index (χ3v) is 3.38. The minimum Gasteiger partial charge on any atom is -0.478 e. The summed E-state index contributed by atoms with van der Waals surface area (Å²) in [6.45, 7) is 1.31. The van der Waals surface area contributed by atoms with E-state index in [-0.39, 0.29) is 17.2 Å². The van der Waals surface area contributed by atoms with Gasteiger partial charge in [-0.05, 0) is 36.6 Å². The van der Waals surface area contributed by atoms with Crippen LogP contribution in [0.3, 0.4) is 0 Å². The summed E-state index contributed by atoms with van der Waals surface area (Å²) in [6, 6.07) is 3.43. The van der Waals surface area contributed by atoms with Gasteiger partial charge in [0.25, 0.3) is 0 Å². The van der Waals surface area contributed by atoms with Crippen molar-refractivity contribution in [1.29, 1.82) is 0 Å². The van der Waals surface area contributed by atoms with Crippen LogP contribution in [0.5, 0.6) is 0 Å². The van der Waals surface area contributed by atoms with E-state index in [9.17, 15) is 14.4 Å². The Morgan fingerprint density at radius 1 is 1.23 bits per heavy atom. The molecule has 0 saturated heterocycles. The second-order valence-electron chi connectivity index (χ2n) is 4.66. The van der Waals surface area contributed by atoms with E-state index in [0.29, 0.717) is 12.1 Å². The summed E-state index contributed by atoms with van der Waals surface area (Å²) in [6.07, 6.45) is 2.44. The molecule has 0 bridgehead atoms. The van der Waals surface area contributed by atoms with E-state index in [1.807, 2.05) is 6.26 Å². The number of aromatic carboxylic acids is 1. The molecule has 0 aliphatic rings. The number of thioether (sulfide) groups is 1. The Morgan fingerprint density at radius 2 is 1.82 bits per heavy atom. The lowest BCUT2D eigenvalue weighted by molar-refractivity contribution is -0.117. The first kappa shape index (κ1) is 18.0.